The van der Waals surface area contributed by atoms with E-state index >= 15 is 0 Å². The number of halogens is 2. The van der Waals surface area contributed by atoms with Gasteiger partial charge in [-0.05, 0) is 66.5 Å². The molecule has 0 amide bonds. The van der Waals surface area contributed by atoms with Crippen molar-refractivity contribution in [3.05, 3.63) is 0 Å². The Bertz CT molecular complexity index is 544. The van der Waals surface area contributed by atoms with Crippen molar-refractivity contribution < 1.29 is 8.78 Å². The van der Waals surface area contributed by atoms with E-state index in [4.69, 9.17) is 0 Å². The highest BCUT2D eigenvalue weighted by atomic mass is 19.3. The number of rotatable bonds is 7. The van der Waals surface area contributed by atoms with Gasteiger partial charge in [-0.15, -0.1) is 0 Å². The first-order chi connectivity index (χ1) is 12.5. The van der Waals surface area contributed by atoms with E-state index in [1.54, 1.807) is 0 Å². The highest BCUT2D eigenvalue weighted by Crippen LogP contribution is 2.39. The molecular formula is C21H38F2N4. The van der Waals surface area contributed by atoms with E-state index in [1.807, 2.05) is 4.90 Å². The van der Waals surface area contributed by atoms with Crippen LogP contribution in [-0.2, 0) is 0 Å². The second kappa shape index (κ2) is 6.61. The summed E-state index contributed by atoms with van der Waals surface area (Å²) in [6.45, 7) is 15.0. The summed E-state index contributed by atoms with van der Waals surface area (Å²) in [4.78, 5) is 9.62. The molecule has 27 heavy (non-hydrogen) atoms. The molecule has 0 aromatic heterocycles. The van der Waals surface area contributed by atoms with Crippen LogP contribution in [0.5, 0.6) is 0 Å². The first-order valence-electron chi connectivity index (χ1n) is 10.8. The molecule has 156 valence electrons. The summed E-state index contributed by atoms with van der Waals surface area (Å²) in [5.74, 6) is -1.58. The molecule has 1 unspecified atom stereocenters. The molecule has 6 heteroatoms. The van der Waals surface area contributed by atoms with Gasteiger partial charge in [-0.3, -0.25) is 14.7 Å². The van der Waals surface area contributed by atoms with Crippen molar-refractivity contribution in [2.24, 2.45) is 5.92 Å². The van der Waals surface area contributed by atoms with E-state index in [0.29, 0.717) is 6.04 Å². The molecule has 0 aliphatic carbocycles. The molecule has 4 fully saturated rings. The van der Waals surface area contributed by atoms with Crippen LogP contribution >= 0.6 is 0 Å². The molecule has 4 aliphatic rings. The van der Waals surface area contributed by atoms with Gasteiger partial charge in [-0.1, -0.05) is 0 Å². The fourth-order valence-electron chi connectivity index (χ4n) is 5.30. The van der Waals surface area contributed by atoms with Crippen LogP contribution in [-0.4, -0.2) is 102 Å². The van der Waals surface area contributed by atoms with Crippen molar-refractivity contribution in [1.82, 2.24) is 19.6 Å². The zero-order chi connectivity index (χ0) is 19.6. The summed E-state index contributed by atoms with van der Waals surface area (Å²) in [5.41, 5.74) is 0.402. The van der Waals surface area contributed by atoms with Gasteiger partial charge >= 0.3 is 0 Å². The van der Waals surface area contributed by atoms with Crippen molar-refractivity contribution in [2.45, 2.75) is 76.0 Å². The number of hydrogen-bond donors (Lipinski definition) is 0. The predicted octanol–water partition coefficient (Wildman–Crippen LogP) is 2.59. The minimum atomic E-state index is -2.44. The van der Waals surface area contributed by atoms with Crippen LogP contribution < -0.4 is 0 Å². The Morgan fingerprint density at radius 3 is 1.81 bits per heavy atom. The Balaban J connectivity index is 1.19. The minimum absolute atomic E-state index is 0.0364. The molecule has 0 N–H and O–H groups in total. The maximum absolute atomic E-state index is 13.1. The van der Waals surface area contributed by atoms with Crippen LogP contribution in [0, 0.1) is 5.92 Å². The summed E-state index contributed by atoms with van der Waals surface area (Å²) in [5, 5.41) is 0. The number of likely N-dealkylation sites (tertiary alicyclic amines) is 4. The third kappa shape index (κ3) is 3.79. The number of alkyl halides is 2. The quantitative estimate of drug-likeness (QED) is 0.669. The third-order valence-corrected chi connectivity index (χ3v) is 8.11. The fraction of sp³-hybridized carbons (Fsp3) is 1.00. The first-order valence-corrected chi connectivity index (χ1v) is 10.8. The molecule has 4 nitrogen and oxygen atoms in total. The maximum Gasteiger partial charge on any atom is 0.272 e. The Labute approximate surface area is 163 Å². The van der Waals surface area contributed by atoms with Gasteiger partial charge in [0.1, 0.15) is 0 Å². The average molecular weight is 385 g/mol. The lowest BCUT2D eigenvalue weighted by Crippen LogP contribution is -2.71. The molecule has 4 aliphatic heterocycles. The topological polar surface area (TPSA) is 13.0 Å². The van der Waals surface area contributed by atoms with Crippen LogP contribution in [0.3, 0.4) is 0 Å². The van der Waals surface area contributed by atoms with Crippen LogP contribution in [0.4, 0.5) is 8.78 Å². The highest BCUT2D eigenvalue weighted by Gasteiger charge is 2.51. The molecule has 0 aromatic carbocycles. The van der Waals surface area contributed by atoms with Crippen molar-refractivity contribution in [3.8, 4) is 0 Å². The zero-order valence-corrected chi connectivity index (χ0v) is 17.8. The van der Waals surface area contributed by atoms with Gasteiger partial charge in [0, 0.05) is 49.3 Å². The average Bonchev–Trinajstić information content (AvgIpc) is 2.43. The lowest BCUT2D eigenvalue weighted by molar-refractivity contribution is -0.173. The third-order valence-electron chi connectivity index (χ3n) is 8.11. The Morgan fingerprint density at radius 1 is 0.889 bits per heavy atom. The summed E-state index contributed by atoms with van der Waals surface area (Å²) < 4.78 is 26.1. The fourth-order valence-corrected chi connectivity index (χ4v) is 5.30. The van der Waals surface area contributed by atoms with Crippen LogP contribution in [0.25, 0.3) is 0 Å². The monoisotopic (exact) mass is 384 g/mol. The molecule has 0 spiro atoms. The van der Waals surface area contributed by atoms with E-state index in [2.05, 4.69) is 49.4 Å². The van der Waals surface area contributed by atoms with Crippen molar-refractivity contribution in [3.63, 3.8) is 0 Å². The summed E-state index contributed by atoms with van der Waals surface area (Å²) >= 11 is 0. The SMILES string of the molecule is CN1CCC1C1CN(C(C)(C)CCC(C)(C)N2CC(N3CC(F)(F)C3)C2)C1. The second-order valence-electron chi connectivity index (χ2n) is 10.9. The van der Waals surface area contributed by atoms with E-state index < -0.39 is 5.92 Å². The van der Waals surface area contributed by atoms with Gasteiger partial charge in [0.25, 0.3) is 5.92 Å². The molecule has 0 radical (unpaired) electrons. The normalized spacial score (nSPS) is 31.9. The van der Waals surface area contributed by atoms with Gasteiger partial charge in [-0.25, -0.2) is 8.78 Å². The highest BCUT2D eigenvalue weighted by molar-refractivity contribution is 5.03. The Hall–Kier alpha value is -0.300. The van der Waals surface area contributed by atoms with E-state index in [9.17, 15) is 8.78 Å². The molecule has 0 aromatic rings. The zero-order valence-electron chi connectivity index (χ0n) is 17.8. The summed E-state index contributed by atoms with van der Waals surface area (Å²) in [6, 6.07) is 1.16. The molecule has 4 heterocycles. The van der Waals surface area contributed by atoms with Crippen LogP contribution in [0.2, 0.25) is 0 Å². The predicted molar refractivity (Wildman–Crippen MR) is 105 cm³/mol. The van der Waals surface area contributed by atoms with Crippen LogP contribution in [0.15, 0.2) is 0 Å². The van der Waals surface area contributed by atoms with Crippen molar-refractivity contribution in [2.75, 3.05) is 52.9 Å². The van der Waals surface area contributed by atoms with Crippen LogP contribution in [0.1, 0.15) is 47.0 Å². The molecular weight excluding hydrogens is 346 g/mol. The summed E-state index contributed by atoms with van der Waals surface area (Å²) in [6.07, 6.45) is 3.73. The number of hydrogen-bond acceptors (Lipinski definition) is 4. The van der Waals surface area contributed by atoms with Gasteiger partial charge in [0.05, 0.1) is 13.1 Å². The van der Waals surface area contributed by atoms with E-state index in [1.165, 1.54) is 32.5 Å². The lowest BCUT2D eigenvalue weighted by atomic mass is 9.78. The maximum atomic E-state index is 13.1. The van der Waals surface area contributed by atoms with Crippen molar-refractivity contribution in [1.29, 1.82) is 0 Å². The smallest absolute Gasteiger partial charge is 0.272 e. The number of nitrogens with zero attached hydrogens (tertiary/aromatic N) is 4. The summed E-state index contributed by atoms with van der Waals surface area (Å²) in [7, 11) is 2.26. The molecule has 0 bridgehead atoms. The van der Waals surface area contributed by atoms with Gasteiger partial charge in [0.15, 0.2) is 0 Å². The van der Waals surface area contributed by atoms with Gasteiger partial charge in [0.2, 0.25) is 0 Å². The Morgan fingerprint density at radius 2 is 1.41 bits per heavy atom. The van der Waals surface area contributed by atoms with Crippen molar-refractivity contribution >= 4 is 0 Å². The molecule has 1 atom stereocenters. The first kappa shape index (κ1) is 20.0. The van der Waals surface area contributed by atoms with E-state index in [-0.39, 0.29) is 24.2 Å². The lowest BCUT2D eigenvalue weighted by Gasteiger charge is -2.58. The van der Waals surface area contributed by atoms with Gasteiger partial charge in [-0.2, -0.15) is 0 Å². The van der Waals surface area contributed by atoms with Gasteiger partial charge < -0.3 is 4.90 Å². The Kier molecular flexibility index (Phi) is 4.90. The largest absolute Gasteiger partial charge is 0.303 e. The second-order valence-corrected chi connectivity index (χ2v) is 10.9. The van der Waals surface area contributed by atoms with E-state index in [0.717, 1.165) is 31.5 Å². The molecule has 0 saturated carbocycles. The standard InChI is InChI=1S/C21H38F2N4/c1-19(2,26-10-16(11-26)18-6-9-24(18)5)7-8-20(3,4)27-12-17(13-27)25-14-21(22,23)15-25/h16-18H,6-15H2,1-5H3. The minimum Gasteiger partial charge on any atom is -0.303 e. The molecule has 4 rings (SSSR count). The molecule has 4 saturated heterocycles.